The van der Waals surface area contributed by atoms with Gasteiger partial charge in [0.1, 0.15) is 5.82 Å². The zero-order valence-corrected chi connectivity index (χ0v) is 15.9. The van der Waals surface area contributed by atoms with Crippen LogP contribution in [-0.4, -0.2) is 68.1 Å². The molecule has 1 atom stereocenters. The normalized spacial score (nSPS) is 19.3. The summed E-state index contributed by atoms with van der Waals surface area (Å²) in [5, 5.41) is 25.3. The van der Waals surface area contributed by atoms with Gasteiger partial charge in [0.2, 0.25) is 0 Å². The van der Waals surface area contributed by atoms with E-state index >= 15 is 0 Å². The van der Waals surface area contributed by atoms with Gasteiger partial charge >= 0.3 is 0 Å². The summed E-state index contributed by atoms with van der Waals surface area (Å²) in [6.07, 6.45) is 4.29. The van der Waals surface area contributed by atoms with Crippen LogP contribution in [0, 0.1) is 0 Å². The Labute approximate surface area is 167 Å². The van der Waals surface area contributed by atoms with Crippen molar-refractivity contribution in [3.8, 4) is 0 Å². The molecule has 5 heterocycles. The average Bonchev–Trinajstić information content (AvgIpc) is 3.49. The number of hydrogen-bond acceptors (Lipinski definition) is 8. The van der Waals surface area contributed by atoms with E-state index in [1.54, 1.807) is 22.8 Å². The highest BCUT2D eigenvalue weighted by atomic mass is 16.3. The molecule has 10 heteroatoms. The number of carbonyl (C=O) groups excluding carboxylic acids is 1. The maximum Gasteiger partial charge on any atom is 0.277 e. The Hall–Kier alpha value is -3.27. The van der Waals surface area contributed by atoms with Crippen LogP contribution in [0.1, 0.15) is 29.8 Å². The van der Waals surface area contributed by atoms with Crippen molar-refractivity contribution in [2.75, 3.05) is 41.3 Å². The van der Waals surface area contributed by atoms with Gasteiger partial charge in [-0.05, 0) is 43.5 Å². The number of imidazole rings is 1. The monoisotopic (exact) mass is 394 g/mol. The van der Waals surface area contributed by atoms with Crippen LogP contribution in [0.15, 0.2) is 30.5 Å². The Kier molecular flexibility index (Phi) is 4.47. The van der Waals surface area contributed by atoms with E-state index in [9.17, 15) is 9.90 Å². The third-order valence-electron chi connectivity index (χ3n) is 5.39. The van der Waals surface area contributed by atoms with Gasteiger partial charge in [0.15, 0.2) is 23.0 Å². The first kappa shape index (κ1) is 17.8. The minimum Gasteiger partial charge on any atom is -0.391 e. The second-order valence-corrected chi connectivity index (χ2v) is 7.42. The van der Waals surface area contributed by atoms with Gasteiger partial charge in [-0.15, -0.1) is 15.3 Å². The number of anilines is 3. The van der Waals surface area contributed by atoms with Crippen molar-refractivity contribution in [1.29, 1.82) is 0 Å². The zero-order chi connectivity index (χ0) is 19.8. The van der Waals surface area contributed by atoms with E-state index in [-0.39, 0.29) is 17.7 Å². The summed E-state index contributed by atoms with van der Waals surface area (Å²) in [4.78, 5) is 21.1. The molecule has 2 aliphatic heterocycles. The topological polar surface area (TPSA) is 112 Å². The summed E-state index contributed by atoms with van der Waals surface area (Å²) < 4.78 is 1.64. The van der Waals surface area contributed by atoms with Crippen LogP contribution in [0.2, 0.25) is 0 Å². The maximum absolute atomic E-state index is 12.6. The fraction of sp³-hybridized carbons (Fsp3) is 0.421. The molecule has 0 spiro atoms. The summed E-state index contributed by atoms with van der Waals surface area (Å²) >= 11 is 0. The van der Waals surface area contributed by atoms with E-state index in [0.29, 0.717) is 30.2 Å². The largest absolute Gasteiger partial charge is 0.391 e. The fourth-order valence-electron chi connectivity index (χ4n) is 3.81. The molecule has 2 aliphatic rings. The second-order valence-electron chi connectivity index (χ2n) is 7.42. The molecule has 2 N–H and O–H groups in total. The summed E-state index contributed by atoms with van der Waals surface area (Å²) in [5.74, 6) is 1.64. The lowest BCUT2D eigenvalue weighted by Crippen LogP contribution is -2.23. The van der Waals surface area contributed by atoms with Crippen molar-refractivity contribution in [2.45, 2.75) is 25.4 Å². The van der Waals surface area contributed by atoms with Crippen LogP contribution in [0.5, 0.6) is 0 Å². The van der Waals surface area contributed by atoms with Gasteiger partial charge in [0.05, 0.1) is 12.3 Å². The minimum atomic E-state index is -0.374. The summed E-state index contributed by atoms with van der Waals surface area (Å²) in [6, 6.07) is 7.24. The number of amides is 1. The van der Waals surface area contributed by atoms with Crippen LogP contribution in [-0.2, 0) is 0 Å². The molecule has 0 radical (unpaired) electrons. The molecule has 10 nitrogen and oxygen atoms in total. The predicted octanol–water partition coefficient (Wildman–Crippen LogP) is 0.943. The van der Waals surface area contributed by atoms with Crippen molar-refractivity contribution in [3.63, 3.8) is 0 Å². The molecule has 2 saturated heterocycles. The third kappa shape index (κ3) is 3.46. The molecule has 3 aromatic heterocycles. The summed E-state index contributed by atoms with van der Waals surface area (Å²) in [7, 11) is 0. The van der Waals surface area contributed by atoms with Gasteiger partial charge in [-0.3, -0.25) is 4.79 Å². The smallest absolute Gasteiger partial charge is 0.277 e. The number of nitrogens with one attached hydrogen (secondary N) is 1. The Morgan fingerprint density at radius 3 is 2.59 bits per heavy atom. The minimum absolute atomic E-state index is 0.208. The molecule has 5 rings (SSSR count). The SMILES string of the molecule is O=C(Nc1cnc2ccc(N3CCCC3)nn12)c1ccc(N2CCC(O)C2)nn1. The molecule has 2 fully saturated rings. The number of aliphatic hydroxyl groups is 1. The van der Waals surface area contributed by atoms with E-state index in [0.717, 1.165) is 38.3 Å². The molecule has 29 heavy (non-hydrogen) atoms. The fourth-order valence-corrected chi connectivity index (χ4v) is 3.81. The molecule has 0 bridgehead atoms. The Bertz CT molecular complexity index is 1030. The highest BCUT2D eigenvalue weighted by molar-refractivity contribution is 6.02. The molecule has 150 valence electrons. The van der Waals surface area contributed by atoms with Gasteiger partial charge in [0, 0.05) is 26.2 Å². The Morgan fingerprint density at radius 1 is 1.03 bits per heavy atom. The van der Waals surface area contributed by atoms with E-state index in [4.69, 9.17) is 0 Å². The van der Waals surface area contributed by atoms with E-state index in [1.807, 2.05) is 17.0 Å². The van der Waals surface area contributed by atoms with Gasteiger partial charge in [0.25, 0.3) is 5.91 Å². The van der Waals surface area contributed by atoms with Gasteiger partial charge in [-0.2, -0.15) is 4.52 Å². The van der Waals surface area contributed by atoms with E-state index in [1.165, 1.54) is 0 Å². The number of β-amino-alcohol motifs (C(OH)–C–C–N with tert-alkyl or cyclic N) is 1. The number of aromatic nitrogens is 5. The Morgan fingerprint density at radius 2 is 1.86 bits per heavy atom. The lowest BCUT2D eigenvalue weighted by Gasteiger charge is -2.16. The number of hydrogen-bond donors (Lipinski definition) is 2. The molecular weight excluding hydrogens is 372 g/mol. The zero-order valence-electron chi connectivity index (χ0n) is 15.9. The van der Waals surface area contributed by atoms with Gasteiger partial charge in [-0.1, -0.05) is 0 Å². The number of rotatable bonds is 4. The van der Waals surface area contributed by atoms with E-state index in [2.05, 4.69) is 30.5 Å². The lowest BCUT2D eigenvalue weighted by molar-refractivity contribution is 0.102. The first-order chi connectivity index (χ1) is 14.2. The van der Waals surface area contributed by atoms with Crippen molar-refractivity contribution >= 4 is 29.0 Å². The van der Waals surface area contributed by atoms with Crippen LogP contribution in [0.25, 0.3) is 5.65 Å². The molecule has 1 unspecified atom stereocenters. The molecule has 0 aromatic carbocycles. The van der Waals surface area contributed by atoms with Crippen LogP contribution in [0.3, 0.4) is 0 Å². The van der Waals surface area contributed by atoms with Crippen molar-refractivity contribution in [2.24, 2.45) is 0 Å². The van der Waals surface area contributed by atoms with Crippen LogP contribution in [0.4, 0.5) is 17.5 Å². The van der Waals surface area contributed by atoms with Gasteiger partial charge < -0.3 is 20.2 Å². The summed E-state index contributed by atoms with van der Waals surface area (Å²) in [5.41, 5.74) is 0.872. The quantitative estimate of drug-likeness (QED) is 0.673. The second kappa shape index (κ2) is 7.28. The highest BCUT2D eigenvalue weighted by Crippen LogP contribution is 2.20. The first-order valence-electron chi connectivity index (χ1n) is 9.85. The van der Waals surface area contributed by atoms with Crippen molar-refractivity contribution < 1.29 is 9.90 Å². The number of aliphatic hydroxyl groups excluding tert-OH is 1. The van der Waals surface area contributed by atoms with Crippen molar-refractivity contribution in [3.05, 3.63) is 36.2 Å². The van der Waals surface area contributed by atoms with E-state index < -0.39 is 0 Å². The number of carbonyl (C=O) groups is 1. The van der Waals surface area contributed by atoms with Gasteiger partial charge in [-0.25, -0.2) is 4.98 Å². The number of nitrogens with zero attached hydrogens (tertiary/aromatic N) is 7. The molecule has 0 saturated carbocycles. The lowest BCUT2D eigenvalue weighted by atomic mass is 10.3. The first-order valence-corrected chi connectivity index (χ1v) is 9.85. The van der Waals surface area contributed by atoms with Crippen LogP contribution >= 0.6 is 0 Å². The maximum atomic E-state index is 12.6. The molecule has 0 aliphatic carbocycles. The Balaban J connectivity index is 1.33. The molecular formula is C19H22N8O2. The molecule has 3 aromatic rings. The van der Waals surface area contributed by atoms with Crippen molar-refractivity contribution in [1.82, 2.24) is 24.8 Å². The predicted molar refractivity (Wildman–Crippen MR) is 107 cm³/mol. The molecule has 1 amide bonds. The summed E-state index contributed by atoms with van der Waals surface area (Å²) in [6.45, 7) is 3.25. The average molecular weight is 394 g/mol. The number of fused-ring (bicyclic) bond motifs is 1. The standard InChI is InChI=1S/C19H22N8O2/c28-13-7-10-26(12-13)16-4-3-14(22-23-16)19(29)21-18-11-20-15-5-6-17(24-27(15)18)25-8-1-2-9-25/h3-6,11,13,28H,1-2,7-10,12H2,(H,21,29). The van der Waals surface area contributed by atoms with Crippen LogP contribution < -0.4 is 15.1 Å². The third-order valence-corrected chi connectivity index (χ3v) is 5.39. The highest BCUT2D eigenvalue weighted by Gasteiger charge is 2.22.